The number of pyridine rings is 1. The number of phenolic OH excluding ortho intramolecular Hbond substituents is 1. The summed E-state index contributed by atoms with van der Waals surface area (Å²) in [5.74, 6) is 0.0899. The average Bonchev–Trinajstić information content (AvgIpc) is 2.33. The first-order valence-corrected chi connectivity index (χ1v) is 6.38. The third-order valence-corrected chi connectivity index (χ3v) is 3.30. The van der Waals surface area contributed by atoms with Gasteiger partial charge in [-0.15, -0.1) is 0 Å². The fourth-order valence-electron chi connectivity index (χ4n) is 1.94. The lowest BCUT2D eigenvalue weighted by molar-refractivity contribution is 0.0549. The molecule has 3 nitrogen and oxygen atoms in total. The third kappa shape index (κ3) is 2.89. The van der Waals surface area contributed by atoms with Crippen molar-refractivity contribution in [1.82, 2.24) is 4.98 Å². The number of benzene rings is 1. The zero-order chi connectivity index (χ0) is 13.2. The van der Waals surface area contributed by atoms with Crippen LogP contribution < -0.4 is 0 Å². The van der Waals surface area contributed by atoms with E-state index in [1.54, 1.807) is 37.5 Å². The lowest BCUT2D eigenvalue weighted by Gasteiger charge is -2.25. The van der Waals surface area contributed by atoms with Crippen LogP contribution in [0.5, 0.6) is 5.75 Å². The van der Waals surface area contributed by atoms with Gasteiger partial charge in [0.25, 0.3) is 0 Å². The fourth-order valence-corrected chi connectivity index (χ4v) is 2.30. The number of rotatable bonds is 3. The van der Waals surface area contributed by atoms with Crippen LogP contribution in [-0.4, -0.2) is 15.2 Å². The molecule has 0 fully saturated rings. The molecule has 1 heterocycles. The number of phenols is 1. The lowest BCUT2D eigenvalue weighted by Crippen LogP contribution is -2.24. The van der Waals surface area contributed by atoms with Crippen LogP contribution in [0.2, 0.25) is 0 Å². The van der Waals surface area contributed by atoms with Crippen LogP contribution in [-0.2, 0) is 12.0 Å². The summed E-state index contributed by atoms with van der Waals surface area (Å²) < 4.78 is 0.821. The summed E-state index contributed by atoms with van der Waals surface area (Å²) in [6.45, 7) is 1.68. The van der Waals surface area contributed by atoms with E-state index in [1.807, 2.05) is 12.1 Å². The van der Waals surface area contributed by atoms with Crippen molar-refractivity contribution >= 4 is 15.9 Å². The first kappa shape index (κ1) is 13.1. The van der Waals surface area contributed by atoms with Crippen molar-refractivity contribution in [2.45, 2.75) is 18.9 Å². The van der Waals surface area contributed by atoms with Gasteiger partial charge < -0.3 is 10.2 Å². The Morgan fingerprint density at radius 3 is 2.78 bits per heavy atom. The summed E-state index contributed by atoms with van der Waals surface area (Å²) in [5, 5.41) is 20.4. The predicted molar refractivity (Wildman–Crippen MR) is 73.3 cm³/mol. The molecule has 0 saturated heterocycles. The van der Waals surface area contributed by atoms with Crippen molar-refractivity contribution in [2.75, 3.05) is 0 Å². The van der Waals surface area contributed by atoms with Crippen molar-refractivity contribution in [3.8, 4) is 5.75 Å². The van der Waals surface area contributed by atoms with E-state index >= 15 is 0 Å². The van der Waals surface area contributed by atoms with Crippen molar-refractivity contribution < 1.29 is 10.2 Å². The zero-order valence-corrected chi connectivity index (χ0v) is 11.6. The maximum atomic E-state index is 10.5. The Balaban J connectivity index is 2.33. The Labute approximate surface area is 114 Å². The highest BCUT2D eigenvalue weighted by Gasteiger charge is 2.27. The Kier molecular flexibility index (Phi) is 3.68. The molecule has 2 aromatic rings. The van der Waals surface area contributed by atoms with Gasteiger partial charge in [-0.1, -0.05) is 22.0 Å². The van der Waals surface area contributed by atoms with Gasteiger partial charge in [0.2, 0.25) is 0 Å². The van der Waals surface area contributed by atoms with Crippen LogP contribution in [0.4, 0.5) is 0 Å². The van der Waals surface area contributed by atoms with Gasteiger partial charge in [-0.2, -0.15) is 0 Å². The van der Waals surface area contributed by atoms with E-state index in [2.05, 4.69) is 20.9 Å². The molecule has 1 aromatic heterocycles. The Bertz CT molecular complexity index is 541. The molecule has 1 unspecified atom stereocenters. The summed E-state index contributed by atoms with van der Waals surface area (Å²) >= 11 is 3.34. The number of aliphatic hydroxyl groups is 1. The number of hydrogen-bond acceptors (Lipinski definition) is 3. The topological polar surface area (TPSA) is 53.4 Å². The smallest absolute Gasteiger partial charge is 0.121 e. The SMILES string of the molecule is CC(O)(Cc1cccnc1)c1cc(Br)ccc1O. The summed E-state index contributed by atoms with van der Waals surface area (Å²) in [7, 11) is 0. The minimum Gasteiger partial charge on any atom is -0.508 e. The second kappa shape index (κ2) is 5.08. The molecule has 2 N–H and O–H groups in total. The highest BCUT2D eigenvalue weighted by molar-refractivity contribution is 9.10. The normalized spacial score (nSPS) is 14.2. The van der Waals surface area contributed by atoms with Crippen LogP contribution in [0.25, 0.3) is 0 Å². The largest absolute Gasteiger partial charge is 0.508 e. The fraction of sp³-hybridized carbons (Fsp3) is 0.214. The van der Waals surface area contributed by atoms with Crippen LogP contribution in [0, 0.1) is 0 Å². The van der Waals surface area contributed by atoms with Gasteiger partial charge in [0.15, 0.2) is 0 Å². The maximum Gasteiger partial charge on any atom is 0.121 e. The summed E-state index contributed by atoms with van der Waals surface area (Å²) in [6.07, 6.45) is 3.79. The summed E-state index contributed by atoms with van der Waals surface area (Å²) in [5.41, 5.74) is 0.277. The number of aromatic nitrogens is 1. The summed E-state index contributed by atoms with van der Waals surface area (Å²) in [4.78, 5) is 4.02. The molecule has 0 bridgehead atoms. The first-order valence-electron chi connectivity index (χ1n) is 5.59. The Hall–Kier alpha value is -1.39. The van der Waals surface area contributed by atoms with Crippen molar-refractivity contribution in [3.63, 3.8) is 0 Å². The third-order valence-electron chi connectivity index (χ3n) is 2.81. The number of aromatic hydroxyl groups is 1. The van der Waals surface area contributed by atoms with E-state index in [0.29, 0.717) is 12.0 Å². The molecule has 4 heteroatoms. The summed E-state index contributed by atoms with van der Waals surface area (Å²) in [6, 6.07) is 8.75. The van der Waals surface area contributed by atoms with Crippen molar-refractivity contribution in [3.05, 3.63) is 58.3 Å². The minimum absolute atomic E-state index is 0.0899. The Morgan fingerprint density at radius 2 is 2.11 bits per heavy atom. The number of halogens is 1. The van der Waals surface area contributed by atoms with Gasteiger partial charge in [0.05, 0.1) is 5.60 Å². The average molecular weight is 308 g/mol. The molecule has 2 rings (SSSR count). The van der Waals surface area contributed by atoms with E-state index in [9.17, 15) is 10.2 Å². The molecule has 0 saturated carbocycles. The first-order chi connectivity index (χ1) is 8.49. The van der Waals surface area contributed by atoms with E-state index < -0.39 is 5.60 Å². The highest BCUT2D eigenvalue weighted by Crippen LogP contribution is 2.33. The predicted octanol–water partition coefficient (Wildman–Crippen LogP) is 3.00. The molecule has 18 heavy (non-hydrogen) atoms. The second-order valence-corrected chi connectivity index (χ2v) is 5.39. The quantitative estimate of drug-likeness (QED) is 0.916. The van der Waals surface area contributed by atoms with Crippen molar-refractivity contribution in [1.29, 1.82) is 0 Å². The van der Waals surface area contributed by atoms with Crippen LogP contribution in [0.3, 0.4) is 0 Å². The zero-order valence-electron chi connectivity index (χ0n) is 9.97. The van der Waals surface area contributed by atoms with Gasteiger partial charge in [0.1, 0.15) is 5.75 Å². The minimum atomic E-state index is -1.14. The molecular weight excluding hydrogens is 294 g/mol. The number of hydrogen-bond donors (Lipinski definition) is 2. The molecule has 94 valence electrons. The maximum absolute atomic E-state index is 10.5. The van der Waals surface area contributed by atoms with Crippen LogP contribution in [0.15, 0.2) is 47.2 Å². The molecule has 1 atom stereocenters. The lowest BCUT2D eigenvalue weighted by atomic mass is 9.89. The van der Waals surface area contributed by atoms with E-state index in [1.165, 1.54) is 0 Å². The van der Waals surface area contributed by atoms with E-state index in [4.69, 9.17) is 0 Å². The molecule has 0 radical (unpaired) electrons. The molecule has 0 spiro atoms. The van der Waals surface area contributed by atoms with E-state index in [-0.39, 0.29) is 5.75 Å². The second-order valence-electron chi connectivity index (χ2n) is 4.47. The molecule has 0 aliphatic rings. The van der Waals surface area contributed by atoms with E-state index in [0.717, 1.165) is 10.0 Å². The molecular formula is C14H14BrNO2. The number of nitrogens with zero attached hydrogens (tertiary/aromatic N) is 1. The van der Waals surface area contributed by atoms with Crippen molar-refractivity contribution in [2.24, 2.45) is 0 Å². The van der Waals surface area contributed by atoms with Crippen LogP contribution >= 0.6 is 15.9 Å². The van der Waals surface area contributed by atoms with Crippen LogP contribution in [0.1, 0.15) is 18.1 Å². The molecule has 0 aliphatic carbocycles. The highest BCUT2D eigenvalue weighted by atomic mass is 79.9. The molecule has 1 aromatic carbocycles. The van der Waals surface area contributed by atoms with Gasteiger partial charge in [-0.25, -0.2) is 0 Å². The van der Waals surface area contributed by atoms with Gasteiger partial charge in [-0.3, -0.25) is 4.98 Å². The van der Waals surface area contributed by atoms with Gasteiger partial charge >= 0.3 is 0 Å². The molecule has 0 aliphatic heterocycles. The molecule has 0 amide bonds. The Morgan fingerprint density at radius 1 is 1.33 bits per heavy atom. The standard InChI is InChI=1S/C14H14BrNO2/c1-14(18,8-10-3-2-6-16-9-10)12-7-11(15)4-5-13(12)17/h2-7,9,17-18H,8H2,1H3. The van der Waals surface area contributed by atoms with Gasteiger partial charge in [0, 0.05) is 28.9 Å². The monoisotopic (exact) mass is 307 g/mol. The van der Waals surface area contributed by atoms with Gasteiger partial charge in [-0.05, 0) is 36.8 Å².